The van der Waals surface area contributed by atoms with Gasteiger partial charge in [-0.2, -0.15) is 5.10 Å². The second-order valence-electron chi connectivity index (χ2n) is 4.38. The summed E-state index contributed by atoms with van der Waals surface area (Å²) < 4.78 is 5.97. The first-order valence-electron chi connectivity index (χ1n) is 5.86. The summed E-state index contributed by atoms with van der Waals surface area (Å²) in [6.07, 6.45) is 2.45. The van der Waals surface area contributed by atoms with Gasteiger partial charge >= 0.3 is 5.97 Å². The quantitative estimate of drug-likeness (QED) is 0.766. The van der Waals surface area contributed by atoms with Gasteiger partial charge in [-0.05, 0) is 22.4 Å². The molecule has 1 unspecified atom stereocenters. The summed E-state index contributed by atoms with van der Waals surface area (Å²) >= 11 is 3.26. The number of nitrogens with zero attached hydrogens (tertiary/aromatic N) is 3. The molecule has 1 fully saturated rings. The van der Waals surface area contributed by atoms with E-state index in [1.807, 2.05) is 4.90 Å². The topological polar surface area (TPSA) is 90.5 Å². The summed E-state index contributed by atoms with van der Waals surface area (Å²) in [6, 6.07) is 0.115. The number of ether oxygens (including phenoxy) is 1. The van der Waals surface area contributed by atoms with E-state index in [0.29, 0.717) is 16.7 Å². The van der Waals surface area contributed by atoms with E-state index < -0.39 is 5.97 Å². The second kappa shape index (κ2) is 5.70. The molecule has 1 saturated heterocycles. The summed E-state index contributed by atoms with van der Waals surface area (Å²) in [6.45, 7) is 1.29. The van der Waals surface area contributed by atoms with Crippen LogP contribution in [0.2, 0.25) is 0 Å². The summed E-state index contributed by atoms with van der Waals surface area (Å²) in [5, 5.41) is 3.99. The van der Waals surface area contributed by atoms with E-state index in [-0.39, 0.29) is 18.1 Å². The maximum absolute atomic E-state index is 12.1. The van der Waals surface area contributed by atoms with Gasteiger partial charge in [0.2, 0.25) is 0 Å². The van der Waals surface area contributed by atoms with Crippen LogP contribution in [0.1, 0.15) is 6.42 Å². The van der Waals surface area contributed by atoms with E-state index in [4.69, 9.17) is 5.73 Å². The van der Waals surface area contributed by atoms with Crippen molar-refractivity contribution in [2.75, 3.05) is 25.1 Å². The summed E-state index contributed by atoms with van der Waals surface area (Å²) in [7, 11) is 1.27. The van der Waals surface area contributed by atoms with Crippen molar-refractivity contribution in [3.8, 4) is 0 Å². The number of carbonyl (C=O) groups is 1. The highest BCUT2D eigenvalue weighted by Crippen LogP contribution is 2.24. The molecule has 0 saturated carbocycles. The van der Waals surface area contributed by atoms with Crippen molar-refractivity contribution in [1.29, 1.82) is 0 Å². The van der Waals surface area contributed by atoms with E-state index in [0.717, 1.165) is 17.6 Å². The summed E-state index contributed by atoms with van der Waals surface area (Å²) in [5.74, 6) is -0.516. The third kappa shape index (κ3) is 2.95. The fourth-order valence-electron chi connectivity index (χ4n) is 1.98. The van der Waals surface area contributed by atoms with Gasteiger partial charge < -0.3 is 15.4 Å². The Kier molecular flexibility index (Phi) is 4.20. The van der Waals surface area contributed by atoms with Crippen molar-refractivity contribution >= 4 is 27.6 Å². The lowest BCUT2D eigenvalue weighted by Crippen LogP contribution is -2.32. The van der Waals surface area contributed by atoms with Crippen LogP contribution in [0.15, 0.2) is 15.5 Å². The lowest BCUT2D eigenvalue weighted by Gasteiger charge is -2.19. The van der Waals surface area contributed by atoms with Gasteiger partial charge in [0, 0.05) is 19.1 Å². The fourth-order valence-corrected chi connectivity index (χ4v) is 2.54. The van der Waals surface area contributed by atoms with Gasteiger partial charge in [-0.3, -0.25) is 9.59 Å². The van der Waals surface area contributed by atoms with Gasteiger partial charge in [0.15, 0.2) is 0 Å². The maximum atomic E-state index is 12.1. The predicted molar refractivity (Wildman–Crippen MR) is 73.0 cm³/mol. The van der Waals surface area contributed by atoms with Gasteiger partial charge in [-0.15, -0.1) is 0 Å². The molecule has 0 aromatic carbocycles. The van der Waals surface area contributed by atoms with Crippen LogP contribution in [-0.2, 0) is 16.1 Å². The van der Waals surface area contributed by atoms with Gasteiger partial charge in [-0.1, -0.05) is 0 Å². The number of aromatic nitrogens is 2. The number of anilines is 1. The minimum absolute atomic E-state index is 0.115. The fraction of sp³-hybridized carbons (Fsp3) is 0.545. The van der Waals surface area contributed by atoms with Gasteiger partial charge in [0.25, 0.3) is 5.56 Å². The van der Waals surface area contributed by atoms with Crippen LogP contribution in [0, 0.1) is 0 Å². The smallest absolute Gasteiger partial charge is 0.327 e. The molecule has 0 aliphatic carbocycles. The van der Waals surface area contributed by atoms with E-state index in [1.54, 1.807) is 6.20 Å². The highest BCUT2D eigenvalue weighted by molar-refractivity contribution is 9.10. The molecule has 0 amide bonds. The average Bonchev–Trinajstić information content (AvgIpc) is 2.81. The summed E-state index contributed by atoms with van der Waals surface area (Å²) in [4.78, 5) is 25.2. The zero-order valence-corrected chi connectivity index (χ0v) is 12.1. The lowest BCUT2D eigenvalue weighted by molar-refractivity contribution is -0.141. The van der Waals surface area contributed by atoms with Crippen LogP contribution in [0.3, 0.4) is 0 Å². The molecule has 19 heavy (non-hydrogen) atoms. The SMILES string of the molecule is COC(=O)Cn1ncc(N2CCC(N)C2)c(Br)c1=O. The van der Waals surface area contributed by atoms with Crippen LogP contribution in [0.4, 0.5) is 5.69 Å². The number of carbonyl (C=O) groups excluding carboxylic acids is 1. The molecule has 1 aromatic heterocycles. The lowest BCUT2D eigenvalue weighted by atomic mass is 10.3. The van der Waals surface area contributed by atoms with Gasteiger partial charge in [0.05, 0.1) is 19.0 Å². The van der Waals surface area contributed by atoms with Crippen LogP contribution < -0.4 is 16.2 Å². The van der Waals surface area contributed by atoms with E-state index >= 15 is 0 Å². The van der Waals surface area contributed by atoms with Crippen molar-refractivity contribution in [3.05, 3.63) is 21.0 Å². The normalized spacial score (nSPS) is 18.7. The van der Waals surface area contributed by atoms with E-state index in [1.165, 1.54) is 7.11 Å². The number of rotatable bonds is 3. The molecule has 104 valence electrons. The third-order valence-corrected chi connectivity index (χ3v) is 3.78. The second-order valence-corrected chi connectivity index (χ2v) is 5.17. The van der Waals surface area contributed by atoms with E-state index in [2.05, 4.69) is 25.8 Å². The van der Waals surface area contributed by atoms with Crippen molar-refractivity contribution in [2.45, 2.75) is 19.0 Å². The Morgan fingerprint density at radius 2 is 2.42 bits per heavy atom. The minimum Gasteiger partial charge on any atom is -0.468 e. The number of hydrogen-bond donors (Lipinski definition) is 1. The molecule has 8 heteroatoms. The van der Waals surface area contributed by atoms with Crippen LogP contribution >= 0.6 is 15.9 Å². The van der Waals surface area contributed by atoms with Crippen molar-refractivity contribution < 1.29 is 9.53 Å². The van der Waals surface area contributed by atoms with Crippen molar-refractivity contribution in [3.63, 3.8) is 0 Å². The highest BCUT2D eigenvalue weighted by atomic mass is 79.9. The standard InChI is InChI=1S/C11H15BrN4O3/c1-19-9(17)6-16-11(18)10(12)8(4-14-16)15-3-2-7(13)5-15/h4,7H,2-3,5-6,13H2,1H3. The Morgan fingerprint density at radius 3 is 3.00 bits per heavy atom. The molecule has 1 atom stereocenters. The first-order chi connectivity index (χ1) is 9.02. The average molecular weight is 331 g/mol. The molecule has 7 nitrogen and oxygen atoms in total. The zero-order valence-electron chi connectivity index (χ0n) is 10.5. The third-order valence-electron chi connectivity index (χ3n) is 3.04. The first-order valence-corrected chi connectivity index (χ1v) is 6.65. The number of nitrogens with two attached hydrogens (primary N) is 1. The molecule has 0 bridgehead atoms. The maximum Gasteiger partial charge on any atom is 0.327 e. The number of halogens is 1. The zero-order chi connectivity index (χ0) is 14.0. The largest absolute Gasteiger partial charge is 0.468 e. The molecule has 1 aromatic rings. The molecule has 2 heterocycles. The van der Waals surface area contributed by atoms with Crippen molar-refractivity contribution in [1.82, 2.24) is 9.78 Å². The Labute approximate surface area is 118 Å². The van der Waals surface area contributed by atoms with Crippen LogP contribution in [-0.4, -0.2) is 42.0 Å². The molecule has 1 aliphatic rings. The molecule has 0 radical (unpaired) electrons. The summed E-state index contributed by atoms with van der Waals surface area (Å²) in [5.41, 5.74) is 6.19. The molecule has 0 spiro atoms. The Morgan fingerprint density at radius 1 is 1.68 bits per heavy atom. The molecular formula is C11H15BrN4O3. The monoisotopic (exact) mass is 330 g/mol. The molecular weight excluding hydrogens is 316 g/mol. The van der Waals surface area contributed by atoms with Crippen LogP contribution in [0.25, 0.3) is 0 Å². The minimum atomic E-state index is -0.516. The predicted octanol–water partition coefficient (Wildman–Crippen LogP) is -0.284. The van der Waals surface area contributed by atoms with Gasteiger partial charge in [-0.25, -0.2) is 4.68 Å². The van der Waals surface area contributed by atoms with Crippen LogP contribution in [0.5, 0.6) is 0 Å². The Bertz CT molecular complexity index is 545. The van der Waals surface area contributed by atoms with Gasteiger partial charge in [0.1, 0.15) is 11.0 Å². The molecule has 1 aliphatic heterocycles. The molecule has 2 rings (SSSR count). The number of hydrogen-bond acceptors (Lipinski definition) is 6. The van der Waals surface area contributed by atoms with E-state index in [9.17, 15) is 9.59 Å². The van der Waals surface area contributed by atoms with Crippen molar-refractivity contribution in [2.24, 2.45) is 5.73 Å². The number of esters is 1. The Hall–Kier alpha value is -1.41. The highest BCUT2D eigenvalue weighted by Gasteiger charge is 2.23. The first kappa shape index (κ1) is 14.0. The number of methoxy groups -OCH3 is 1. The molecule has 2 N–H and O–H groups in total. The Balaban J connectivity index is 2.27.